The van der Waals surface area contributed by atoms with Crippen molar-refractivity contribution in [1.82, 2.24) is 0 Å². The number of benzene rings is 3. The normalized spacial score (nSPS) is 10.7. The molecule has 0 saturated heterocycles. The van der Waals surface area contributed by atoms with Crippen LogP contribution in [0.1, 0.15) is 26.3 Å². The third-order valence-electron chi connectivity index (χ3n) is 4.06. The van der Waals surface area contributed by atoms with Gasteiger partial charge in [0.1, 0.15) is 17.2 Å². The third kappa shape index (κ3) is 3.46. The van der Waals surface area contributed by atoms with Gasteiger partial charge < -0.3 is 14.2 Å². The molecule has 0 aliphatic rings. The Kier molecular flexibility index (Phi) is 4.81. The van der Waals surface area contributed by atoms with Gasteiger partial charge in [0.15, 0.2) is 0 Å². The number of carbonyl (C=O) groups is 3. The van der Waals surface area contributed by atoms with E-state index >= 15 is 0 Å². The van der Waals surface area contributed by atoms with E-state index in [9.17, 15) is 14.4 Å². The zero-order valence-electron chi connectivity index (χ0n) is 15.4. The van der Waals surface area contributed by atoms with Gasteiger partial charge in [-0.2, -0.15) is 0 Å². The maximum Gasteiger partial charge on any atom is 0.308 e. The minimum absolute atomic E-state index is 0.221. The number of fused-ring (bicyclic) bond motifs is 2. The average Bonchev–Trinajstić information content (AvgIpc) is 2.58. The number of carbonyl (C=O) groups excluding carboxylic acids is 3. The lowest BCUT2D eigenvalue weighted by atomic mass is 9.95. The Morgan fingerprint density at radius 1 is 0.667 bits per heavy atom. The molecule has 3 aromatic carbocycles. The molecule has 6 nitrogen and oxygen atoms in total. The summed E-state index contributed by atoms with van der Waals surface area (Å²) in [4.78, 5) is 34.9. The summed E-state index contributed by atoms with van der Waals surface area (Å²) in [5.41, 5.74) is 0.807. The number of hydrogen-bond acceptors (Lipinski definition) is 6. The molecule has 138 valence electrons. The van der Waals surface area contributed by atoms with E-state index in [0.29, 0.717) is 21.9 Å². The fourth-order valence-corrected chi connectivity index (χ4v) is 3.17. The summed E-state index contributed by atoms with van der Waals surface area (Å²) in [5.74, 6) is -0.751. The maximum absolute atomic E-state index is 11.8. The van der Waals surface area contributed by atoms with Crippen molar-refractivity contribution in [2.75, 3.05) is 0 Å². The van der Waals surface area contributed by atoms with Crippen molar-refractivity contribution in [3.05, 3.63) is 42.0 Å². The summed E-state index contributed by atoms with van der Waals surface area (Å²) < 4.78 is 16.2. The van der Waals surface area contributed by atoms with Crippen LogP contribution in [0.2, 0.25) is 0 Å². The maximum atomic E-state index is 11.8. The van der Waals surface area contributed by atoms with Gasteiger partial charge in [-0.15, -0.1) is 0 Å². The first-order valence-corrected chi connectivity index (χ1v) is 8.33. The SMILES string of the molecule is CC(=O)Oc1ccc(OC(C)=O)c2c(OC(C)=O)c3ccccc3c(C)c12. The van der Waals surface area contributed by atoms with Crippen molar-refractivity contribution in [3.8, 4) is 17.2 Å². The summed E-state index contributed by atoms with van der Waals surface area (Å²) in [6, 6.07) is 10.5. The van der Waals surface area contributed by atoms with Crippen molar-refractivity contribution >= 4 is 39.5 Å². The highest BCUT2D eigenvalue weighted by atomic mass is 16.5. The second-order valence-corrected chi connectivity index (χ2v) is 6.09. The zero-order chi connectivity index (χ0) is 19.7. The van der Waals surface area contributed by atoms with E-state index in [1.807, 2.05) is 31.2 Å². The summed E-state index contributed by atoms with van der Waals surface area (Å²) in [5, 5.41) is 2.45. The summed E-state index contributed by atoms with van der Waals surface area (Å²) in [7, 11) is 0. The largest absolute Gasteiger partial charge is 0.426 e. The van der Waals surface area contributed by atoms with Gasteiger partial charge in [0, 0.05) is 31.5 Å². The van der Waals surface area contributed by atoms with Crippen LogP contribution in [0.25, 0.3) is 21.5 Å². The molecule has 27 heavy (non-hydrogen) atoms. The molecule has 0 N–H and O–H groups in total. The number of rotatable bonds is 3. The van der Waals surface area contributed by atoms with E-state index in [2.05, 4.69) is 0 Å². The van der Waals surface area contributed by atoms with Crippen molar-refractivity contribution in [3.63, 3.8) is 0 Å². The number of esters is 3. The molecule has 3 aromatic rings. The van der Waals surface area contributed by atoms with Gasteiger partial charge in [0.25, 0.3) is 0 Å². The van der Waals surface area contributed by atoms with Crippen LogP contribution in [-0.2, 0) is 14.4 Å². The van der Waals surface area contributed by atoms with E-state index < -0.39 is 17.9 Å². The Hall–Kier alpha value is -3.41. The average molecular weight is 366 g/mol. The van der Waals surface area contributed by atoms with Crippen LogP contribution in [0.15, 0.2) is 36.4 Å². The molecular formula is C21H18O6. The van der Waals surface area contributed by atoms with Gasteiger partial charge >= 0.3 is 17.9 Å². The lowest BCUT2D eigenvalue weighted by molar-refractivity contribution is -0.133. The van der Waals surface area contributed by atoms with Gasteiger partial charge in [-0.05, 0) is 30.0 Å². The van der Waals surface area contributed by atoms with Gasteiger partial charge in [0.2, 0.25) is 0 Å². The predicted molar refractivity (Wildman–Crippen MR) is 100 cm³/mol. The fourth-order valence-electron chi connectivity index (χ4n) is 3.17. The van der Waals surface area contributed by atoms with E-state index in [1.54, 1.807) is 6.07 Å². The Labute approximate surface area is 155 Å². The molecule has 0 saturated carbocycles. The van der Waals surface area contributed by atoms with Gasteiger partial charge in [-0.25, -0.2) is 0 Å². The van der Waals surface area contributed by atoms with E-state index in [-0.39, 0.29) is 11.5 Å². The number of ether oxygens (including phenoxy) is 3. The monoisotopic (exact) mass is 366 g/mol. The molecule has 0 atom stereocenters. The molecule has 0 spiro atoms. The molecule has 3 rings (SSSR count). The van der Waals surface area contributed by atoms with E-state index in [4.69, 9.17) is 14.2 Å². The minimum Gasteiger partial charge on any atom is -0.426 e. The quantitative estimate of drug-likeness (QED) is 0.395. The first-order chi connectivity index (χ1) is 12.8. The van der Waals surface area contributed by atoms with Crippen molar-refractivity contribution in [2.24, 2.45) is 0 Å². The van der Waals surface area contributed by atoms with Crippen molar-refractivity contribution < 1.29 is 28.6 Å². The minimum atomic E-state index is -0.517. The highest BCUT2D eigenvalue weighted by Gasteiger charge is 2.22. The summed E-state index contributed by atoms with van der Waals surface area (Å²) >= 11 is 0. The highest BCUT2D eigenvalue weighted by molar-refractivity contribution is 6.14. The van der Waals surface area contributed by atoms with Gasteiger partial charge in [0.05, 0.1) is 5.39 Å². The lowest BCUT2D eigenvalue weighted by Gasteiger charge is -2.18. The van der Waals surface area contributed by atoms with E-state index in [1.165, 1.54) is 26.8 Å². The van der Waals surface area contributed by atoms with Crippen LogP contribution in [0, 0.1) is 6.92 Å². The molecule has 6 heteroatoms. The van der Waals surface area contributed by atoms with Crippen LogP contribution >= 0.6 is 0 Å². The van der Waals surface area contributed by atoms with Crippen LogP contribution < -0.4 is 14.2 Å². The first-order valence-electron chi connectivity index (χ1n) is 8.33. The van der Waals surface area contributed by atoms with Crippen LogP contribution in [0.4, 0.5) is 0 Å². The van der Waals surface area contributed by atoms with Gasteiger partial charge in [-0.1, -0.05) is 24.3 Å². The third-order valence-corrected chi connectivity index (χ3v) is 4.06. The highest BCUT2D eigenvalue weighted by Crippen LogP contribution is 2.46. The molecule has 0 aliphatic carbocycles. The van der Waals surface area contributed by atoms with Crippen molar-refractivity contribution in [2.45, 2.75) is 27.7 Å². The fraction of sp³-hybridized carbons (Fsp3) is 0.190. The van der Waals surface area contributed by atoms with Crippen molar-refractivity contribution in [1.29, 1.82) is 0 Å². The smallest absolute Gasteiger partial charge is 0.308 e. The molecule has 0 fully saturated rings. The van der Waals surface area contributed by atoms with Crippen LogP contribution in [0.5, 0.6) is 17.2 Å². The number of aryl methyl sites for hydroxylation is 1. The Morgan fingerprint density at radius 2 is 1.15 bits per heavy atom. The zero-order valence-corrected chi connectivity index (χ0v) is 15.4. The summed E-state index contributed by atoms with van der Waals surface area (Å²) in [6.45, 7) is 5.75. The molecule has 0 amide bonds. The Bertz CT molecular complexity index is 1100. The molecule has 0 heterocycles. The van der Waals surface area contributed by atoms with Gasteiger partial charge in [-0.3, -0.25) is 14.4 Å². The first kappa shape index (κ1) is 18.4. The Balaban J connectivity index is 2.54. The molecule has 0 bridgehead atoms. The Morgan fingerprint density at radius 3 is 1.67 bits per heavy atom. The standard InChI is InChI=1S/C21H18O6/c1-11-15-7-5-6-8-16(15)21(27-14(4)24)20-18(26-13(3)23)10-9-17(19(11)20)25-12(2)22/h5-10H,1-4H3. The topological polar surface area (TPSA) is 78.9 Å². The molecule has 0 unspecified atom stereocenters. The number of hydrogen-bond donors (Lipinski definition) is 0. The molecule has 0 aromatic heterocycles. The van der Waals surface area contributed by atoms with E-state index in [0.717, 1.165) is 10.9 Å². The van der Waals surface area contributed by atoms with Crippen LogP contribution in [-0.4, -0.2) is 17.9 Å². The second-order valence-electron chi connectivity index (χ2n) is 6.09. The predicted octanol–water partition coefficient (Wildman–Crippen LogP) is 4.08. The summed E-state index contributed by atoms with van der Waals surface area (Å²) in [6.07, 6.45) is 0. The molecule has 0 radical (unpaired) electrons. The second kappa shape index (κ2) is 7.07. The lowest BCUT2D eigenvalue weighted by Crippen LogP contribution is -2.08. The molecule has 0 aliphatic heterocycles. The van der Waals surface area contributed by atoms with Crippen LogP contribution in [0.3, 0.4) is 0 Å². The molecular weight excluding hydrogens is 348 g/mol.